The highest BCUT2D eigenvalue weighted by Crippen LogP contribution is 2.27. The van der Waals surface area contributed by atoms with Crippen molar-refractivity contribution in [3.05, 3.63) is 54.1 Å². The highest BCUT2D eigenvalue weighted by atomic mass is 14.2. The Hall–Kier alpha value is -2.02. The zero-order valence-corrected chi connectivity index (χ0v) is 16.0. The highest BCUT2D eigenvalue weighted by molar-refractivity contribution is 6.68. The van der Waals surface area contributed by atoms with Crippen LogP contribution in [0.2, 0.25) is 0 Å². The van der Waals surface area contributed by atoms with Gasteiger partial charge in [0.15, 0.2) is 0 Å². The van der Waals surface area contributed by atoms with E-state index in [1.165, 1.54) is 5.56 Å². The van der Waals surface area contributed by atoms with Crippen LogP contribution in [0.4, 0.5) is 0 Å². The van der Waals surface area contributed by atoms with Gasteiger partial charge in [-0.25, -0.2) is 0 Å². The summed E-state index contributed by atoms with van der Waals surface area (Å²) < 4.78 is 0. The fraction of sp³-hybridized carbons (Fsp3) is 0.182. The van der Waals surface area contributed by atoms with Gasteiger partial charge in [0.25, 0.3) is 0 Å². The van der Waals surface area contributed by atoms with Gasteiger partial charge in [0.1, 0.15) is 39.2 Å². The van der Waals surface area contributed by atoms with E-state index < -0.39 is 0 Å². The van der Waals surface area contributed by atoms with Crippen molar-refractivity contribution in [2.24, 2.45) is 0 Å². The maximum absolute atomic E-state index is 6.15. The molecule has 120 valence electrons. The van der Waals surface area contributed by atoms with Crippen molar-refractivity contribution in [1.29, 1.82) is 0 Å². The number of hydrogen-bond donors (Lipinski definition) is 0. The normalized spacial score (nSPS) is 11.5. The van der Waals surface area contributed by atoms with Gasteiger partial charge in [-0.05, 0) is 33.2 Å². The molecule has 3 aromatic rings. The minimum absolute atomic E-state index is 0.131. The largest absolute Gasteiger partial charge is 0.113 e. The lowest BCUT2D eigenvalue weighted by molar-refractivity contribution is 0.590. The summed E-state index contributed by atoms with van der Waals surface area (Å²) in [6, 6.07) is 16.6. The molecular weight excluding hydrogens is 318 g/mol. The summed E-state index contributed by atoms with van der Waals surface area (Å²) in [7, 11) is 30.1. The van der Waals surface area contributed by atoms with Crippen molar-refractivity contribution in [3.8, 4) is 22.3 Å². The minimum atomic E-state index is 0.131. The van der Waals surface area contributed by atoms with Crippen LogP contribution in [-0.2, 0) is 5.41 Å². The molecule has 27 heavy (non-hydrogen) atoms. The molecule has 3 aromatic carbocycles. The predicted octanol–water partition coefficient (Wildman–Crippen LogP) is 0.287. The molecule has 0 atom stereocenters. The lowest BCUT2D eigenvalue weighted by atomic mass is 9.59. The monoisotopic (exact) mass is 336 g/mol. The van der Waals surface area contributed by atoms with Gasteiger partial charge in [-0.15, -0.1) is 16.4 Å². The average Bonchev–Trinajstić information content (AvgIpc) is 2.65. The Balaban J connectivity index is 2.00. The summed E-state index contributed by atoms with van der Waals surface area (Å²) in [5, 5.41) is 0. The van der Waals surface area contributed by atoms with Crippen LogP contribution in [0.3, 0.4) is 0 Å². The highest BCUT2D eigenvalue weighted by Gasteiger charge is 2.14. The molecule has 0 heterocycles. The van der Waals surface area contributed by atoms with Gasteiger partial charge >= 0.3 is 0 Å². The van der Waals surface area contributed by atoms with Crippen molar-refractivity contribution in [2.75, 3.05) is 0 Å². The molecule has 0 unspecified atom stereocenters. The maximum atomic E-state index is 6.15. The van der Waals surface area contributed by atoms with E-state index in [1.54, 1.807) is 0 Å². The topological polar surface area (TPSA) is 0 Å². The van der Waals surface area contributed by atoms with E-state index in [4.69, 9.17) is 39.2 Å². The average molecular weight is 335 g/mol. The van der Waals surface area contributed by atoms with Gasteiger partial charge in [-0.3, -0.25) is 0 Å². The number of benzene rings is 3. The Kier molecular flexibility index (Phi) is 5.25. The standard InChI is InChI=1S/C22H17B5/c1-22(2,3)15-10-8-13(9-11-15)12-4-6-14(7-5-12)16-17(23)19(25)21(27)20(26)18(16)24/h4-11H,1-3H3. The Morgan fingerprint density at radius 1 is 0.481 bits per heavy atom. The van der Waals surface area contributed by atoms with Crippen molar-refractivity contribution < 1.29 is 0 Å². The first kappa shape index (κ1) is 19.7. The fourth-order valence-electron chi connectivity index (χ4n) is 3.15. The van der Waals surface area contributed by atoms with Crippen LogP contribution in [0.15, 0.2) is 48.5 Å². The Morgan fingerprint density at radius 3 is 1.22 bits per heavy atom. The molecule has 0 saturated carbocycles. The second kappa shape index (κ2) is 7.19. The summed E-state index contributed by atoms with van der Waals surface area (Å²) in [6.07, 6.45) is 0. The molecule has 10 radical (unpaired) electrons. The summed E-state index contributed by atoms with van der Waals surface area (Å²) in [6.45, 7) is 6.61. The van der Waals surface area contributed by atoms with Gasteiger partial charge < -0.3 is 0 Å². The third kappa shape index (κ3) is 3.70. The molecule has 0 fully saturated rings. The van der Waals surface area contributed by atoms with Crippen LogP contribution in [0, 0.1) is 0 Å². The van der Waals surface area contributed by atoms with Gasteiger partial charge in [0.05, 0.1) is 0 Å². The number of hydrogen-bond acceptors (Lipinski definition) is 0. The Morgan fingerprint density at radius 2 is 0.815 bits per heavy atom. The smallest absolute Gasteiger partial charge is 0.112 e. The van der Waals surface area contributed by atoms with Crippen LogP contribution >= 0.6 is 0 Å². The summed E-state index contributed by atoms with van der Waals surface area (Å²) >= 11 is 0. The van der Waals surface area contributed by atoms with Crippen LogP contribution < -0.4 is 27.3 Å². The molecule has 5 heteroatoms. The fourth-order valence-corrected chi connectivity index (χ4v) is 3.15. The molecule has 0 aromatic heterocycles. The minimum Gasteiger partial charge on any atom is -0.112 e. The van der Waals surface area contributed by atoms with Crippen molar-refractivity contribution in [2.45, 2.75) is 26.2 Å². The Bertz CT molecular complexity index is 952. The number of rotatable bonds is 2. The SMILES string of the molecule is [B]c1c([B])c([B])c(-c2ccc(-c3ccc(C(C)(C)C)cc3)cc2)c([B])c1[B]. The van der Waals surface area contributed by atoms with Crippen molar-refractivity contribution >= 4 is 66.5 Å². The molecule has 0 saturated heterocycles. The van der Waals surface area contributed by atoms with E-state index in [2.05, 4.69) is 45.0 Å². The lowest BCUT2D eigenvalue weighted by Gasteiger charge is -2.21. The molecule has 0 aliphatic heterocycles. The molecule has 3 rings (SSSR count). The van der Waals surface area contributed by atoms with Crippen LogP contribution in [0.1, 0.15) is 26.3 Å². The summed E-state index contributed by atoms with van der Waals surface area (Å²) in [5.74, 6) is 0. The van der Waals surface area contributed by atoms with Crippen molar-refractivity contribution in [1.82, 2.24) is 0 Å². The zero-order valence-electron chi connectivity index (χ0n) is 16.0. The second-order valence-electron chi connectivity index (χ2n) is 7.85. The predicted molar refractivity (Wildman–Crippen MR) is 123 cm³/mol. The van der Waals surface area contributed by atoms with Gasteiger partial charge in [0, 0.05) is 0 Å². The molecule has 0 spiro atoms. The first-order valence-electron chi connectivity index (χ1n) is 8.84. The molecule has 0 aliphatic carbocycles. The Labute approximate surface area is 169 Å². The maximum Gasteiger partial charge on any atom is 0.113 e. The van der Waals surface area contributed by atoms with Gasteiger partial charge in [-0.1, -0.05) is 80.2 Å². The van der Waals surface area contributed by atoms with Crippen molar-refractivity contribution in [3.63, 3.8) is 0 Å². The van der Waals surface area contributed by atoms with E-state index in [9.17, 15) is 0 Å². The van der Waals surface area contributed by atoms with Gasteiger partial charge in [-0.2, -0.15) is 0 Å². The summed E-state index contributed by atoms with van der Waals surface area (Å²) in [5.41, 5.74) is 6.60. The molecule has 0 N–H and O–H groups in total. The first-order chi connectivity index (χ1) is 12.6. The van der Waals surface area contributed by atoms with Gasteiger partial charge in [0.2, 0.25) is 0 Å². The van der Waals surface area contributed by atoms with E-state index >= 15 is 0 Å². The quantitative estimate of drug-likeness (QED) is 0.591. The van der Waals surface area contributed by atoms with E-state index in [0.717, 1.165) is 16.7 Å². The third-order valence-electron chi connectivity index (χ3n) is 4.96. The molecule has 0 amide bonds. The van der Waals surface area contributed by atoms with E-state index in [1.807, 2.05) is 24.3 Å². The molecule has 0 aliphatic rings. The second-order valence-corrected chi connectivity index (χ2v) is 7.85. The van der Waals surface area contributed by atoms with E-state index in [-0.39, 0.29) is 21.8 Å². The van der Waals surface area contributed by atoms with Crippen LogP contribution in [0.5, 0.6) is 0 Å². The summed E-state index contributed by atoms with van der Waals surface area (Å²) in [4.78, 5) is 0. The van der Waals surface area contributed by atoms with E-state index in [0.29, 0.717) is 16.5 Å². The molecular formula is C22H17B5. The van der Waals surface area contributed by atoms with Crippen LogP contribution in [0.25, 0.3) is 22.3 Å². The van der Waals surface area contributed by atoms with Crippen LogP contribution in [-0.4, -0.2) is 39.2 Å². The first-order valence-corrected chi connectivity index (χ1v) is 8.84. The lowest BCUT2D eigenvalue weighted by Crippen LogP contribution is -2.55. The zero-order chi connectivity index (χ0) is 19.9. The molecule has 0 nitrogen and oxygen atoms in total. The third-order valence-corrected chi connectivity index (χ3v) is 4.96. The molecule has 0 bridgehead atoms.